The van der Waals surface area contributed by atoms with Gasteiger partial charge in [-0.3, -0.25) is 0 Å². The van der Waals surface area contributed by atoms with Crippen LogP contribution in [0.15, 0.2) is 46.9 Å². The summed E-state index contributed by atoms with van der Waals surface area (Å²) in [5, 5.41) is 10.00. The van der Waals surface area contributed by atoms with Crippen molar-refractivity contribution in [2.45, 2.75) is 0 Å². The standard InChI is InChI=1S/C14H7ClN2O/c15-14-10(8-16)5-6-11(17-14)13-7-9-3-1-2-4-12(9)18-13/h1-7H. The van der Waals surface area contributed by atoms with E-state index in [0.717, 1.165) is 11.0 Å². The van der Waals surface area contributed by atoms with Gasteiger partial charge < -0.3 is 4.42 Å². The van der Waals surface area contributed by atoms with Gasteiger partial charge in [0, 0.05) is 5.39 Å². The highest BCUT2D eigenvalue weighted by molar-refractivity contribution is 6.30. The van der Waals surface area contributed by atoms with Crippen LogP contribution in [0.1, 0.15) is 5.56 Å². The van der Waals surface area contributed by atoms with Crippen molar-refractivity contribution >= 4 is 22.6 Å². The molecule has 0 bridgehead atoms. The van der Waals surface area contributed by atoms with E-state index in [1.54, 1.807) is 12.1 Å². The zero-order chi connectivity index (χ0) is 12.5. The maximum absolute atomic E-state index is 8.80. The first-order valence-electron chi connectivity index (χ1n) is 5.33. The van der Waals surface area contributed by atoms with Gasteiger partial charge in [0.15, 0.2) is 5.76 Å². The minimum absolute atomic E-state index is 0.190. The van der Waals surface area contributed by atoms with E-state index in [0.29, 0.717) is 17.0 Å². The molecular weight excluding hydrogens is 248 g/mol. The van der Waals surface area contributed by atoms with Crippen LogP contribution in [0.25, 0.3) is 22.4 Å². The van der Waals surface area contributed by atoms with Crippen molar-refractivity contribution < 1.29 is 4.42 Å². The number of halogens is 1. The quantitative estimate of drug-likeness (QED) is 0.616. The highest BCUT2D eigenvalue weighted by Gasteiger charge is 2.09. The Kier molecular flexibility index (Phi) is 2.51. The Morgan fingerprint density at radius 3 is 2.72 bits per heavy atom. The van der Waals surface area contributed by atoms with E-state index >= 15 is 0 Å². The van der Waals surface area contributed by atoms with Gasteiger partial charge in [0.2, 0.25) is 0 Å². The fourth-order valence-electron chi connectivity index (χ4n) is 1.76. The summed E-state index contributed by atoms with van der Waals surface area (Å²) >= 11 is 5.90. The molecule has 0 saturated heterocycles. The third-order valence-electron chi connectivity index (χ3n) is 2.65. The van der Waals surface area contributed by atoms with Gasteiger partial charge in [-0.05, 0) is 24.3 Å². The number of hydrogen-bond donors (Lipinski definition) is 0. The number of rotatable bonds is 1. The Balaban J connectivity index is 2.15. The van der Waals surface area contributed by atoms with Gasteiger partial charge in [-0.1, -0.05) is 29.8 Å². The van der Waals surface area contributed by atoms with E-state index in [2.05, 4.69) is 4.98 Å². The number of fused-ring (bicyclic) bond motifs is 1. The van der Waals surface area contributed by atoms with Crippen LogP contribution >= 0.6 is 11.6 Å². The summed E-state index contributed by atoms with van der Waals surface area (Å²) in [4.78, 5) is 4.16. The predicted molar refractivity (Wildman–Crippen MR) is 69.2 cm³/mol. The molecule has 0 unspecified atom stereocenters. The van der Waals surface area contributed by atoms with Crippen LogP contribution in [0.3, 0.4) is 0 Å². The number of nitrogens with zero attached hydrogens (tertiary/aromatic N) is 2. The number of benzene rings is 1. The topological polar surface area (TPSA) is 49.8 Å². The highest BCUT2D eigenvalue weighted by atomic mass is 35.5. The average molecular weight is 255 g/mol. The lowest BCUT2D eigenvalue weighted by Gasteiger charge is -1.97. The lowest BCUT2D eigenvalue weighted by atomic mass is 10.2. The maximum Gasteiger partial charge on any atom is 0.153 e. The smallest absolute Gasteiger partial charge is 0.153 e. The first kappa shape index (κ1) is 10.8. The van der Waals surface area contributed by atoms with Gasteiger partial charge >= 0.3 is 0 Å². The molecule has 0 aliphatic rings. The number of hydrogen-bond acceptors (Lipinski definition) is 3. The molecule has 3 rings (SSSR count). The lowest BCUT2D eigenvalue weighted by molar-refractivity contribution is 0.628. The second kappa shape index (κ2) is 4.17. The largest absolute Gasteiger partial charge is 0.454 e. The van der Waals surface area contributed by atoms with E-state index in [4.69, 9.17) is 21.3 Å². The molecule has 2 heterocycles. The van der Waals surface area contributed by atoms with Crippen molar-refractivity contribution in [3.05, 3.63) is 53.2 Å². The molecule has 0 fully saturated rings. The van der Waals surface area contributed by atoms with E-state index in [9.17, 15) is 0 Å². The fraction of sp³-hybridized carbons (Fsp3) is 0. The first-order chi connectivity index (χ1) is 8.78. The van der Waals surface area contributed by atoms with Gasteiger partial charge in [-0.15, -0.1) is 0 Å². The Bertz CT molecular complexity index is 738. The van der Waals surface area contributed by atoms with Crippen molar-refractivity contribution in [2.24, 2.45) is 0 Å². The molecule has 18 heavy (non-hydrogen) atoms. The minimum Gasteiger partial charge on any atom is -0.454 e. The molecule has 0 spiro atoms. The Morgan fingerprint density at radius 2 is 2.00 bits per heavy atom. The number of nitriles is 1. The Labute approximate surface area is 108 Å². The number of furan rings is 1. The molecule has 3 nitrogen and oxygen atoms in total. The van der Waals surface area contributed by atoms with Crippen molar-refractivity contribution in [2.75, 3.05) is 0 Å². The third-order valence-corrected chi connectivity index (χ3v) is 2.94. The molecule has 0 aliphatic carbocycles. The second-order valence-electron chi connectivity index (χ2n) is 3.80. The van der Waals surface area contributed by atoms with Crippen LogP contribution < -0.4 is 0 Å². The van der Waals surface area contributed by atoms with E-state index < -0.39 is 0 Å². The molecule has 4 heteroatoms. The number of pyridine rings is 1. The average Bonchev–Trinajstić information content (AvgIpc) is 2.82. The summed E-state index contributed by atoms with van der Waals surface area (Å²) in [6, 6.07) is 15.0. The van der Waals surface area contributed by atoms with Gasteiger partial charge in [0.25, 0.3) is 0 Å². The summed E-state index contributed by atoms with van der Waals surface area (Å²) in [5.41, 5.74) is 1.78. The van der Waals surface area contributed by atoms with Crippen LogP contribution in [0.5, 0.6) is 0 Å². The van der Waals surface area contributed by atoms with Crippen LogP contribution in [0.4, 0.5) is 0 Å². The van der Waals surface area contributed by atoms with Gasteiger partial charge in [-0.2, -0.15) is 5.26 Å². The molecular formula is C14H7ClN2O. The second-order valence-corrected chi connectivity index (χ2v) is 4.15. The Morgan fingerprint density at radius 1 is 1.17 bits per heavy atom. The molecule has 0 amide bonds. The molecule has 2 aromatic heterocycles. The number of aromatic nitrogens is 1. The van der Waals surface area contributed by atoms with Crippen LogP contribution in [-0.4, -0.2) is 4.98 Å². The van der Waals surface area contributed by atoms with Crippen LogP contribution in [0, 0.1) is 11.3 Å². The highest BCUT2D eigenvalue weighted by Crippen LogP contribution is 2.27. The van der Waals surface area contributed by atoms with Crippen molar-refractivity contribution in [3.63, 3.8) is 0 Å². The molecule has 3 aromatic rings. The normalized spacial score (nSPS) is 10.4. The zero-order valence-corrected chi connectivity index (χ0v) is 9.98. The SMILES string of the molecule is N#Cc1ccc(-c2cc3ccccc3o2)nc1Cl. The molecule has 0 N–H and O–H groups in total. The van der Waals surface area contributed by atoms with Gasteiger partial charge in [0.1, 0.15) is 22.5 Å². The molecule has 0 saturated carbocycles. The molecule has 0 atom stereocenters. The van der Waals surface area contributed by atoms with Crippen molar-refractivity contribution in [1.29, 1.82) is 5.26 Å². The summed E-state index contributed by atoms with van der Waals surface area (Å²) in [6.07, 6.45) is 0. The zero-order valence-electron chi connectivity index (χ0n) is 9.22. The summed E-state index contributed by atoms with van der Waals surface area (Å²) < 4.78 is 5.68. The molecule has 0 radical (unpaired) electrons. The molecule has 86 valence electrons. The molecule has 1 aromatic carbocycles. The Hall–Kier alpha value is -2.31. The predicted octanol–water partition coefficient (Wildman–Crippen LogP) is 4.02. The molecule has 0 aliphatic heterocycles. The minimum atomic E-state index is 0.190. The first-order valence-corrected chi connectivity index (χ1v) is 5.71. The maximum atomic E-state index is 8.80. The summed E-state index contributed by atoms with van der Waals surface area (Å²) in [6.45, 7) is 0. The van der Waals surface area contributed by atoms with E-state index in [-0.39, 0.29) is 5.15 Å². The van der Waals surface area contributed by atoms with Gasteiger partial charge in [-0.25, -0.2) is 4.98 Å². The lowest BCUT2D eigenvalue weighted by Crippen LogP contribution is -1.85. The van der Waals surface area contributed by atoms with Crippen LogP contribution in [-0.2, 0) is 0 Å². The van der Waals surface area contributed by atoms with Crippen LogP contribution in [0.2, 0.25) is 5.15 Å². The van der Waals surface area contributed by atoms with Crippen molar-refractivity contribution in [3.8, 4) is 17.5 Å². The van der Waals surface area contributed by atoms with E-state index in [1.807, 2.05) is 36.4 Å². The van der Waals surface area contributed by atoms with E-state index in [1.165, 1.54) is 0 Å². The third kappa shape index (κ3) is 1.73. The summed E-state index contributed by atoms with van der Waals surface area (Å²) in [7, 11) is 0. The monoisotopic (exact) mass is 254 g/mol. The van der Waals surface area contributed by atoms with Crippen molar-refractivity contribution in [1.82, 2.24) is 4.98 Å². The van der Waals surface area contributed by atoms with Gasteiger partial charge in [0.05, 0.1) is 5.56 Å². The fourth-order valence-corrected chi connectivity index (χ4v) is 1.96. The number of para-hydroxylation sites is 1. The summed E-state index contributed by atoms with van der Waals surface area (Å²) in [5.74, 6) is 0.641.